The molecule has 1 saturated heterocycles. The molecule has 1 heterocycles. The molecule has 0 amide bonds. The van der Waals surface area contributed by atoms with Gasteiger partial charge in [-0.25, -0.2) is 4.79 Å². The number of anilines is 1. The Morgan fingerprint density at radius 2 is 2.25 bits per heavy atom. The molecule has 0 aliphatic carbocycles. The summed E-state index contributed by atoms with van der Waals surface area (Å²) in [6.45, 7) is 0.461. The second-order valence-electron chi connectivity index (χ2n) is 3.71. The van der Waals surface area contributed by atoms with Crippen LogP contribution in [0.2, 0.25) is 0 Å². The van der Waals surface area contributed by atoms with Crippen molar-refractivity contribution in [3.8, 4) is 6.07 Å². The van der Waals surface area contributed by atoms with Crippen LogP contribution in [-0.4, -0.2) is 25.7 Å². The molecular formula is C12H12N2O2. The van der Waals surface area contributed by atoms with Gasteiger partial charge in [0, 0.05) is 13.5 Å². The number of esters is 1. The third-order valence-corrected chi connectivity index (χ3v) is 2.78. The van der Waals surface area contributed by atoms with Crippen molar-refractivity contribution in [1.82, 2.24) is 0 Å². The van der Waals surface area contributed by atoms with Crippen molar-refractivity contribution in [2.75, 3.05) is 18.6 Å². The summed E-state index contributed by atoms with van der Waals surface area (Å²) in [6, 6.07) is 9.09. The van der Waals surface area contributed by atoms with Crippen molar-refractivity contribution in [2.24, 2.45) is 0 Å². The number of hydrogen-bond donors (Lipinski definition) is 0. The number of cyclic esters (lactones) is 1. The minimum absolute atomic E-state index is 0.213. The largest absolute Gasteiger partial charge is 0.464 e. The van der Waals surface area contributed by atoms with E-state index >= 15 is 0 Å². The maximum atomic E-state index is 11.4. The first kappa shape index (κ1) is 10.5. The molecule has 16 heavy (non-hydrogen) atoms. The van der Waals surface area contributed by atoms with Crippen LogP contribution < -0.4 is 4.90 Å². The lowest BCUT2D eigenvalue weighted by Gasteiger charge is -2.24. The molecule has 1 aromatic rings. The normalized spacial score (nSPS) is 19.0. The molecule has 1 fully saturated rings. The molecule has 1 aliphatic rings. The zero-order valence-electron chi connectivity index (χ0n) is 9.01. The SMILES string of the molecule is CN(c1ccccc1C#N)C1CCOC1=O. The second-order valence-corrected chi connectivity index (χ2v) is 3.71. The molecule has 2 rings (SSSR count). The molecule has 0 radical (unpaired) electrons. The van der Waals surface area contributed by atoms with E-state index in [0.717, 1.165) is 5.69 Å². The predicted octanol–water partition coefficient (Wildman–Crippen LogP) is 1.31. The van der Waals surface area contributed by atoms with Gasteiger partial charge in [-0.05, 0) is 12.1 Å². The van der Waals surface area contributed by atoms with Crippen molar-refractivity contribution in [3.63, 3.8) is 0 Å². The predicted molar refractivity (Wildman–Crippen MR) is 58.9 cm³/mol. The molecular weight excluding hydrogens is 204 g/mol. The fourth-order valence-electron chi connectivity index (χ4n) is 1.88. The number of carbonyl (C=O) groups excluding carboxylic acids is 1. The van der Waals surface area contributed by atoms with E-state index in [0.29, 0.717) is 18.6 Å². The Morgan fingerprint density at radius 3 is 2.88 bits per heavy atom. The van der Waals surface area contributed by atoms with Crippen molar-refractivity contribution < 1.29 is 9.53 Å². The molecule has 0 aromatic heterocycles. The van der Waals surface area contributed by atoms with Gasteiger partial charge >= 0.3 is 5.97 Å². The molecule has 0 saturated carbocycles. The van der Waals surface area contributed by atoms with E-state index < -0.39 is 0 Å². The van der Waals surface area contributed by atoms with Gasteiger partial charge in [-0.1, -0.05) is 12.1 Å². The molecule has 82 valence electrons. The van der Waals surface area contributed by atoms with Crippen molar-refractivity contribution in [3.05, 3.63) is 29.8 Å². The Morgan fingerprint density at radius 1 is 1.50 bits per heavy atom. The van der Waals surface area contributed by atoms with E-state index in [4.69, 9.17) is 10.00 Å². The Kier molecular flexibility index (Phi) is 2.78. The van der Waals surface area contributed by atoms with Crippen molar-refractivity contribution in [2.45, 2.75) is 12.5 Å². The van der Waals surface area contributed by atoms with E-state index in [2.05, 4.69) is 6.07 Å². The standard InChI is InChI=1S/C12H12N2O2/c1-14(11-6-7-16-12(11)15)10-5-3-2-4-9(10)8-13/h2-5,11H,6-7H2,1H3. The highest BCUT2D eigenvalue weighted by atomic mass is 16.5. The van der Waals surface area contributed by atoms with Crippen molar-refractivity contribution >= 4 is 11.7 Å². The number of nitrogens with zero attached hydrogens (tertiary/aromatic N) is 2. The Labute approximate surface area is 94.0 Å². The lowest BCUT2D eigenvalue weighted by atomic mass is 10.1. The third-order valence-electron chi connectivity index (χ3n) is 2.78. The smallest absolute Gasteiger partial charge is 0.328 e. The quantitative estimate of drug-likeness (QED) is 0.699. The van der Waals surface area contributed by atoms with Gasteiger partial charge < -0.3 is 9.64 Å². The highest BCUT2D eigenvalue weighted by Crippen LogP contribution is 2.24. The first-order chi connectivity index (χ1) is 7.74. The van der Waals surface area contributed by atoms with Gasteiger partial charge in [-0.15, -0.1) is 0 Å². The first-order valence-electron chi connectivity index (χ1n) is 5.12. The summed E-state index contributed by atoms with van der Waals surface area (Å²) >= 11 is 0. The summed E-state index contributed by atoms with van der Waals surface area (Å²) in [5.41, 5.74) is 1.35. The zero-order valence-corrected chi connectivity index (χ0v) is 9.01. The van der Waals surface area contributed by atoms with Gasteiger partial charge in [0.25, 0.3) is 0 Å². The molecule has 1 unspecified atom stereocenters. The lowest BCUT2D eigenvalue weighted by molar-refractivity contribution is -0.139. The van der Waals surface area contributed by atoms with Gasteiger partial charge in [-0.2, -0.15) is 5.26 Å². The fourth-order valence-corrected chi connectivity index (χ4v) is 1.88. The number of rotatable bonds is 2. The molecule has 0 N–H and O–H groups in total. The average molecular weight is 216 g/mol. The van der Waals surface area contributed by atoms with E-state index in [9.17, 15) is 4.79 Å². The van der Waals surface area contributed by atoms with Crippen LogP contribution in [0.4, 0.5) is 5.69 Å². The summed E-state index contributed by atoms with van der Waals surface area (Å²) in [5.74, 6) is -0.213. The summed E-state index contributed by atoms with van der Waals surface area (Å²) < 4.78 is 4.92. The van der Waals surface area contributed by atoms with Gasteiger partial charge in [0.2, 0.25) is 0 Å². The van der Waals surface area contributed by atoms with E-state index in [1.165, 1.54) is 0 Å². The lowest BCUT2D eigenvalue weighted by Crippen LogP contribution is -2.35. The number of hydrogen-bond acceptors (Lipinski definition) is 4. The molecule has 1 aliphatic heterocycles. The molecule has 4 nitrogen and oxygen atoms in total. The maximum absolute atomic E-state index is 11.4. The third kappa shape index (κ3) is 1.72. The van der Waals surface area contributed by atoms with Crippen LogP contribution >= 0.6 is 0 Å². The highest BCUT2D eigenvalue weighted by molar-refractivity contribution is 5.82. The fraction of sp³-hybridized carbons (Fsp3) is 0.333. The number of nitriles is 1. The number of carbonyl (C=O) groups is 1. The average Bonchev–Trinajstić information content (AvgIpc) is 2.74. The van der Waals surface area contributed by atoms with E-state index in [-0.39, 0.29) is 12.0 Å². The van der Waals surface area contributed by atoms with Crippen LogP contribution in [0.3, 0.4) is 0 Å². The molecule has 4 heteroatoms. The monoisotopic (exact) mass is 216 g/mol. The second kappa shape index (κ2) is 4.23. The van der Waals surface area contributed by atoms with Crippen LogP contribution in [0.25, 0.3) is 0 Å². The minimum atomic E-state index is -0.269. The summed E-state index contributed by atoms with van der Waals surface area (Å²) in [7, 11) is 1.81. The minimum Gasteiger partial charge on any atom is -0.464 e. The first-order valence-corrected chi connectivity index (χ1v) is 5.12. The number of benzene rings is 1. The molecule has 1 aromatic carbocycles. The maximum Gasteiger partial charge on any atom is 0.328 e. The Hall–Kier alpha value is -2.02. The summed E-state index contributed by atoms with van der Waals surface area (Å²) in [5, 5.41) is 8.98. The number of likely N-dealkylation sites (N-methyl/N-ethyl adjacent to an activating group) is 1. The van der Waals surface area contributed by atoms with Crippen LogP contribution in [0.1, 0.15) is 12.0 Å². The Bertz CT molecular complexity index is 451. The highest BCUT2D eigenvalue weighted by Gasteiger charge is 2.31. The molecule has 1 atom stereocenters. The topological polar surface area (TPSA) is 53.3 Å². The van der Waals surface area contributed by atoms with Crippen LogP contribution in [0, 0.1) is 11.3 Å². The summed E-state index contributed by atoms with van der Waals surface area (Å²) in [6.07, 6.45) is 0.676. The van der Waals surface area contributed by atoms with Crippen LogP contribution in [0.5, 0.6) is 0 Å². The Balaban J connectivity index is 2.30. The van der Waals surface area contributed by atoms with Gasteiger partial charge in [0.1, 0.15) is 12.1 Å². The van der Waals surface area contributed by atoms with E-state index in [1.54, 1.807) is 6.07 Å². The number of para-hydroxylation sites is 1. The van der Waals surface area contributed by atoms with Gasteiger partial charge in [0.05, 0.1) is 17.9 Å². The van der Waals surface area contributed by atoms with Crippen LogP contribution in [0.15, 0.2) is 24.3 Å². The zero-order chi connectivity index (χ0) is 11.5. The molecule has 0 spiro atoms. The van der Waals surface area contributed by atoms with Gasteiger partial charge in [0.15, 0.2) is 0 Å². The molecule has 0 bridgehead atoms. The van der Waals surface area contributed by atoms with E-state index in [1.807, 2.05) is 30.1 Å². The van der Waals surface area contributed by atoms with Gasteiger partial charge in [-0.3, -0.25) is 0 Å². The number of ether oxygens (including phenoxy) is 1. The summed E-state index contributed by atoms with van der Waals surface area (Å²) in [4.78, 5) is 13.3. The van der Waals surface area contributed by atoms with Crippen LogP contribution in [-0.2, 0) is 9.53 Å². The van der Waals surface area contributed by atoms with Crippen molar-refractivity contribution in [1.29, 1.82) is 5.26 Å².